The summed E-state index contributed by atoms with van der Waals surface area (Å²) in [5.41, 5.74) is -0.547. The van der Waals surface area contributed by atoms with Gasteiger partial charge in [-0.25, -0.2) is 4.79 Å². The third-order valence-electron chi connectivity index (χ3n) is 5.36. The first-order valence-electron chi connectivity index (χ1n) is 8.66. The second-order valence-electron chi connectivity index (χ2n) is 7.02. The topological polar surface area (TPSA) is 49.4 Å². The molecular weight excluding hydrogens is 264 g/mol. The predicted molar refractivity (Wildman–Crippen MR) is 83.9 cm³/mol. The van der Waals surface area contributed by atoms with E-state index < -0.39 is 5.54 Å². The van der Waals surface area contributed by atoms with Crippen LogP contribution in [0.3, 0.4) is 0 Å². The molecule has 1 heterocycles. The molecule has 1 saturated carbocycles. The van der Waals surface area contributed by atoms with Gasteiger partial charge in [0.25, 0.3) is 5.91 Å². The lowest BCUT2D eigenvalue weighted by molar-refractivity contribution is -0.129. The van der Waals surface area contributed by atoms with E-state index in [9.17, 15) is 9.59 Å². The molecule has 1 N–H and O–H groups in total. The zero-order valence-corrected chi connectivity index (χ0v) is 13.8. The number of carbonyl (C=O) groups is 2. The van der Waals surface area contributed by atoms with Crippen LogP contribution >= 0.6 is 0 Å². The molecule has 1 saturated heterocycles. The molecule has 0 aromatic heterocycles. The highest BCUT2D eigenvalue weighted by Crippen LogP contribution is 2.40. The lowest BCUT2D eigenvalue weighted by Crippen LogP contribution is -2.53. The fourth-order valence-corrected chi connectivity index (χ4v) is 4.01. The summed E-state index contributed by atoms with van der Waals surface area (Å²) in [6.07, 6.45) is 8.48. The van der Waals surface area contributed by atoms with Gasteiger partial charge in [-0.3, -0.25) is 10.1 Å². The number of carbonyl (C=O) groups excluding carboxylic acids is 2. The van der Waals surface area contributed by atoms with Gasteiger partial charge in [0.1, 0.15) is 5.54 Å². The van der Waals surface area contributed by atoms with E-state index in [1.54, 1.807) is 0 Å². The molecule has 2 aliphatic rings. The van der Waals surface area contributed by atoms with Crippen LogP contribution in [0.1, 0.15) is 72.1 Å². The number of nitrogens with zero attached hydrogens (tertiary/aromatic N) is 1. The minimum atomic E-state index is -0.547. The van der Waals surface area contributed by atoms with Gasteiger partial charge >= 0.3 is 6.03 Å². The lowest BCUT2D eigenvalue weighted by atomic mass is 9.75. The highest BCUT2D eigenvalue weighted by Gasteiger charge is 2.54. The van der Waals surface area contributed by atoms with Crippen LogP contribution in [0.4, 0.5) is 4.79 Å². The second-order valence-corrected chi connectivity index (χ2v) is 7.02. The number of rotatable bonds is 6. The minimum Gasteiger partial charge on any atom is -0.309 e. The van der Waals surface area contributed by atoms with Crippen molar-refractivity contribution >= 4 is 11.9 Å². The van der Waals surface area contributed by atoms with Gasteiger partial charge in [0.15, 0.2) is 0 Å². The second kappa shape index (κ2) is 6.80. The van der Waals surface area contributed by atoms with Crippen molar-refractivity contribution in [2.24, 2.45) is 11.8 Å². The Bertz CT molecular complexity index is 396. The number of unbranched alkanes of at least 4 members (excludes halogenated alkanes) is 1. The Labute approximate surface area is 128 Å². The van der Waals surface area contributed by atoms with Crippen LogP contribution in [0.15, 0.2) is 0 Å². The summed E-state index contributed by atoms with van der Waals surface area (Å²) in [4.78, 5) is 26.6. The molecule has 4 nitrogen and oxygen atoms in total. The normalized spacial score (nSPS) is 30.8. The Balaban J connectivity index is 2.14. The molecule has 0 aromatic carbocycles. The zero-order chi connectivity index (χ0) is 15.5. The standard InChI is InChI=1S/C17H30N2O2/c1-4-6-9-14(5-2)12-19-16(21)18-15(20)17(19)10-7-8-13(3)11-17/h13-14H,4-12H2,1-3H3,(H,18,20,21). The average molecular weight is 294 g/mol. The first kappa shape index (κ1) is 16.3. The summed E-state index contributed by atoms with van der Waals surface area (Å²) in [5, 5.41) is 2.58. The molecule has 3 amide bonds. The highest BCUT2D eigenvalue weighted by molar-refractivity contribution is 6.07. The van der Waals surface area contributed by atoms with Crippen LogP contribution in [0.25, 0.3) is 0 Å². The van der Waals surface area contributed by atoms with Crippen molar-refractivity contribution < 1.29 is 9.59 Å². The quantitative estimate of drug-likeness (QED) is 0.759. The Morgan fingerprint density at radius 3 is 2.76 bits per heavy atom. The number of imide groups is 1. The van der Waals surface area contributed by atoms with Crippen LogP contribution in [0.2, 0.25) is 0 Å². The maximum Gasteiger partial charge on any atom is 0.325 e. The Kier molecular flexibility index (Phi) is 5.28. The van der Waals surface area contributed by atoms with Crippen LogP contribution in [0, 0.1) is 11.8 Å². The summed E-state index contributed by atoms with van der Waals surface area (Å²) in [6.45, 7) is 7.32. The van der Waals surface area contributed by atoms with Gasteiger partial charge in [-0.05, 0) is 31.1 Å². The monoisotopic (exact) mass is 294 g/mol. The van der Waals surface area contributed by atoms with E-state index in [1.807, 2.05) is 4.90 Å². The van der Waals surface area contributed by atoms with E-state index >= 15 is 0 Å². The van der Waals surface area contributed by atoms with Gasteiger partial charge in [-0.1, -0.05) is 52.9 Å². The van der Waals surface area contributed by atoms with Crippen LogP contribution in [-0.2, 0) is 4.79 Å². The molecule has 0 radical (unpaired) electrons. The van der Waals surface area contributed by atoms with Gasteiger partial charge in [0.05, 0.1) is 0 Å². The summed E-state index contributed by atoms with van der Waals surface area (Å²) >= 11 is 0. The molecular formula is C17H30N2O2. The molecule has 2 rings (SSSR count). The fraction of sp³-hybridized carbons (Fsp3) is 0.882. The van der Waals surface area contributed by atoms with E-state index in [-0.39, 0.29) is 11.9 Å². The summed E-state index contributed by atoms with van der Waals surface area (Å²) in [6, 6.07) is -0.163. The number of nitrogens with one attached hydrogen (secondary N) is 1. The molecule has 4 heteroatoms. The van der Waals surface area contributed by atoms with Crippen molar-refractivity contribution in [1.82, 2.24) is 10.2 Å². The molecule has 1 spiro atoms. The number of amides is 3. The fourth-order valence-electron chi connectivity index (χ4n) is 4.01. The van der Waals surface area contributed by atoms with Crippen molar-refractivity contribution in [3.63, 3.8) is 0 Å². The van der Waals surface area contributed by atoms with Gasteiger partial charge < -0.3 is 4.90 Å². The van der Waals surface area contributed by atoms with Gasteiger partial charge in [0.2, 0.25) is 0 Å². The molecule has 3 atom stereocenters. The molecule has 1 aliphatic carbocycles. The molecule has 0 aromatic rings. The number of hydrogen-bond acceptors (Lipinski definition) is 2. The third-order valence-corrected chi connectivity index (χ3v) is 5.36. The summed E-state index contributed by atoms with van der Waals surface area (Å²) < 4.78 is 0. The van der Waals surface area contributed by atoms with Gasteiger partial charge in [-0.2, -0.15) is 0 Å². The molecule has 120 valence electrons. The van der Waals surface area contributed by atoms with Crippen molar-refractivity contribution in [3.8, 4) is 0 Å². The molecule has 2 fully saturated rings. The van der Waals surface area contributed by atoms with Crippen LogP contribution < -0.4 is 5.32 Å². The van der Waals surface area contributed by atoms with Crippen LogP contribution in [0.5, 0.6) is 0 Å². The lowest BCUT2D eigenvalue weighted by Gasteiger charge is -2.42. The molecule has 1 aliphatic heterocycles. The largest absolute Gasteiger partial charge is 0.325 e. The minimum absolute atomic E-state index is 0.0515. The Morgan fingerprint density at radius 2 is 2.14 bits per heavy atom. The maximum atomic E-state index is 12.4. The third kappa shape index (κ3) is 3.24. The van der Waals surface area contributed by atoms with Gasteiger partial charge in [0, 0.05) is 6.54 Å². The smallest absolute Gasteiger partial charge is 0.309 e. The molecule has 21 heavy (non-hydrogen) atoms. The zero-order valence-electron chi connectivity index (χ0n) is 13.8. The first-order valence-corrected chi connectivity index (χ1v) is 8.66. The van der Waals surface area contributed by atoms with E-state index in [2.05, 4.69) is 26.1 Å². The molecule has 3 unspecified atom stereocenters. The SMILES string of the molecule is CCCCC(CC)CN1C(=O)NC(=O)C12CCCC(C)C2. The van der Waals surface area contributed by atoms with Gasteiger partial charge in [-0.15, -0.1) is 0 Å². The Hall–Kier alpha value is -1.06. The van der Waals surface area contributed by atoms with Crippen molar-refractivity contribution in [2.75, 3.05) is 6.54 Å². The van der Waals surface area contributed by atoms with E-state index in [1.165, 1.54) is 19.3 Å². The van der Waals surface area contributed by atoms with E-state index in [0.29, 0.717) is 11.8 Å². The number of hydrogen-bond donors (Lipinski definition) is 1. The highest BCUT2D eigenvalue weighted by atomic mass is 16.2. The predicted octanol–water partition coefficient (Wildman–Crippen LogP) is 3.70. The van der Waals surface area contributed by atoms with E-state index in [4.69, 9.17) is 0 Å². The van der Waals surface area contributed by atoms with Crippen molar-refractivity contribution in [3.05, 3.63) is 0 Å². The van der Waals surface area contributed by atoms with E-state index in [0.717, 1.165) is 38.6 Å². The maximum absolute atomic E-state index is 12.4. The number of urea groups is 1. The molecule has 0 bridgehead atoms. The summed E-state index contributed by atoms with van der Waals surface area (Å²) in [7, 11) is 0. The Morgan fingerprint density at radius 1 is 1.38 bits per heavy atom. The van der Waals surface area contributed by atoms with Crippen LogP contribution in [-0.4, -0.2) is 28.9 Å². The average Bonchev–Trinajstić information content (AvgIpc) is 2.67. The van der Waals surface area contributed by atoms with Crippen molar-refractivity contribution in [1.29, 1.82) is 0 Å². The van der Waals surface area contributed by atoms with Crippen molar-refractivity contribution in [2.45, 2.75) is 77.7 Å². The first-order chi connectivity index (χ1) is 10.0. The summed E-state index contributed by atoms with van der Waals surface area (Å²) in [5.74, 6) is 0.980.